The summed E-state index contributed by atoms with van der Waals surface area (Å²) < 4.78 is 31.3. The van der Waals surface area contributed by atoms with Gasteiger partial charge in [-0.2, -0.15) is 0 Å². The third kappa shape index (κ3) is 5.84. The average Bonchev–Trinajstić information content (AvgIpc) is 2.61. The summed E-state index contributed by atoms with van der Waals surface area (Å²) in [6, 6.07) is 8.30. The predicted molar refractivity (Wildman–Crippen MR) is 105 cm³/mol. The molecule has 0 aliphatic carbocycles. The first-order valence-electron chi connectivity index (χ1n) is 8.27. The lowest BCUT2D eigenvalue weighted by atomic mass is 10.2. The number of hydrogen-bond acceptors (Lipinski definition) is 4. The van der Waals surface area contributed by atoms with Crippen LogP contribution in [-0.2, 0) is 17.9 Å². The van der Waals surface area contributed by atoms with Crippen molar-refractivity contribution in [2.45, 2.75) is 20.1 Å². The van der Waals surface area contributed by atoms with Crippen molar-refractivity contribution in [3.63, 3.8) is 0 Å². The summed E-state index contributed by atoms with van der Waals surface area (Å²) in [5.41, 5.74) is 1.35. The first-order chi connectivity index (χ1) is 12.6. The third-order valence-electron chi connectivity index (χ3n) is 3.64. The van der Waals surface area contributed by atoms with Crippen molar-refractivity contribution < 1.29 is 18.6 Å². The molecule has 2 aromatic rings. The van der Waals surface area contributed by atoms with Gasteiger partial charge in [-0.15, -0.1) is 0 Å². The summed E-state index contributed by atoms with van der Waals surface area (Å²) >= 11 is 9.61. The molecule has 2 aromatic carbocycles. The first-order valence-corrected chi connectivity index (χ1v) is 9.44. The predicted octanol–water partition coefficient (Wildman–Crippen LogP) is 4.96. The van der Waals surface area contributed by atoms with Gasteiger partial charge in [0.2, 0.25) is 0 Å². The summed E-state index contributed by atoms with van der Waals surface area (Å²) in [6.45, 7) is 4.45. The summed E-state index contributed by atoms with van der Waals surface area (Å²) in [6.07, 6.45) is 0. The average molecular weight is 447 g/mol. The molecule has 142 valence electrons. The highest BCUT2D eigenvalue weighted by Gasteiger charge is 2.13. The van der Waals surface area contributed by atoms with Gasteiger partial charge in [-0.05, 0) is 36.8 Å². The molecule has 0 aliphatic heterocycles. The molecule has 0 heterocycles. The van der Waals surface area contributed by atoms with Crippen molar-refractivity contribution in [3.05, 3.63) is 56.8 Å². The van der Waals surface area contributed by atoms with E-state index in [-0.39, 0.29) is 6.61 Å². The van der Waals surface area contributed by atoms with Gasteiger partial charge in [-0.25, -0.2) is 4.39 Å². The molecule has 0 bridgehead atoms. The normalized spacial score (nSPS) is 10.8. The molecule has 0 saturated carbocycles. The van der Waals surface area contributed by atoms with Crippen LogP contribution in [0.4, 0.5) is 4.39 Å². The summed E-state index contributed by atoms with van der Waals surface area (Å²) in [7, 11) is 1.67. The quantitative estimate of drug-likeness (QED) is 0.524. The van der Waals surface area contributed by atoms with E-state index >= 15 is 0 Å². The molecule has 26 heavy (non-hydrogen) atoms. The highest BCUT2D eigenvalue weighted by atomic mass is 79.9. The van der Waals surface area contributed by atoms with Crippen LogP contribution in [0, 0.1) is 5.82 Å². The molecule has 4 nitrogen and oxygen atoms in total. The highest BCUT2D eigenvalue weighted by Crippen LogP contribution is 2.35. The molecule has 0 amide bonds. The summed E-state index contributed by atoms with van der Waals surface area (Å²) in [5, 5.41) is 3.62. The molecule has 0 radical (unpaired) electrons. The number of benzene rings is 2. The van der Waals surface area contributed by atoms with E-state index in [1.54, 1.807) is 19.2 Å². The van der Waals surface area contributed by atoms with E-state index in [0.29, 0.717) is 41.8 Å². The van der Waals surface area contributed by atoms with Crippen LogP contribution in [0.1, 0.15) is 18.1 Å². The van der Waals surface area contributed by atoms with Crippen LogP contribution in [0.5, 0.6) is 11.5 Å². The Labute approximate surface area is 166 Å². The van der Waals surface area contributed by atoms with Crippen LogP contribution in [0.2, 0.25) is 5.02 Å². The minimum Gasteiger partial charge on any atom is -0.490 e. The second-order valence-electron chi connectivity index (χ2n) is 5.48. The van der Waals surface area contributed by atoms with Crippen molar-refractivity contribution in [1.29, 1.82) is 0 Å². The Morgan fingerprint density at radius 2 is 1.96 bits per heavy atom. The molecular weight excluding hydrogens is 425 g/mol. The number of methoxy groups -OCH3 is 1. The van der Waals surface area contributed by atoms with E-state index in [4.69, 9.17) is 25.8 Å². The molecule has 7 heteroatoms. The lowest BCUT2D eigenvalue weighted by molar-refractivity contribution is 0.199. The van der Waals surface area contributed by atoms with Crippen LogP contribution >= 0.6 is 27.5 Å². The Morgan fingerprint density at radius 1 is 1.19 bits per heavy atom. The van der Waals surface area contributed by atoms with Crippen LogP contribution in [0.25, 0.3) is 0 Å². The number of ether oxygens (including phenoxy) is 3. The standard InChI is InChI=1S/C19H22BrClFNO3/c1-3-25-18-9-13(11-23-7-8-24-2)15(20)10-19(18)26-12-14-16(21)5-4-6-17(14)22/h4-6,9-10,23H,3,7-8,11-12H2,1-2H3. The van der Waals surface area contributed by atoms with Crippen LogP contribution in [0.15, 0.2) is 34.8 Å². The molecule has 0 aromatic heterocycles. The van der Waals surface area contributed by atoms with E-state index in [9.17, 15) is 4.39 Å². The lowest BCUT2D eigenvalue weighted by Gasteiger charge is -2.16. The fourth-order valence-electron chi connectivity index (χ4n) is 2.31. The van der Waals surface area contributed by atoms with Crippen LogP contribution in [0.3, 0.4) is 0 Å². The van der Waals surface area contributed by atoms with Gasteiger partial charge in [0, 0.05) is 30.2 Å². The molecule has 1 N–H and O–H groups in total. The van der Waals surface area contributed by atoms with Gasteiger partial charge in [-0.3, -0.25) is 0 Å². The van der Waals surface area contributed by atoms with Gasteiger partial charge >= 0.3 is 0 Å². The Morgan fingerprint density at radius 3 is 2.65 bits per heavy atom. The fraction of sp³-hybridized carbons (Fsp3) is 0.368. The second-order valence-corrected chi connectivity index (χ2v) is 6.74. The molecule has 2 rings (SSSR count). The highest BCUT2D eigenvalue weighted by molar-refractivity contribution is 9.10. The van der Waals surface area contributed by atoms with E-state index in [1.807, 2.05) is 19.1 Å². The Kier molecular flexibility index (Phi) is 8.65. The topological polar surface area (TPSA) is 39.7 Å². The minimum absolute atomic E-state index is 0.0173. The number of nitrogens with one attached hydrogen (secondary N) is 1. The zero-order valence-electron chi connectivity index (χ0n) is 14.8. The number of rotatable bonds is 10. The monoisotopic (exact) mass is 445 g/mol. The molecule has 0 spiro atoms. The van der Waals surface area contributed by atoms with Crippen molar-refractivity contribution >= 4 is 27.5 Å². The van der Waals surface area contributed by atoms with Gasteiger partial charge in [0.05, 0.1) is 18.2 Å². The largest absolute Gasteiger partial charge is 0.490 e. The van der Waals surface area contributed by atoms with Gasteiger partial charge in [-0.1, -0.05) is 33.6 Å². The molecule has 0 saturated heterocycles. The second kappa shape index (κ2) is 10.7. The fourth-order valence-corrected chi connectivity index (χ4v) is 2.99. The van der Waals surface area contributed by atoms with Crippen LogP contribution in [-0.4, -0.2) is 26.9 Å². The molecule has 0 aliphatic rings. The number of hydrogen-bond donors (Lipinski definition) is 1. The first kappa shape index (κ1) is 21.0. The zero-order valence-corrected chi connectivity index (χ0v) is 17.1. The minimum atomic E-state index is -0.395. The molecule has 0 unspecified atom stereocenters. The summed E-state index contributed by atoms with van der Waals surface area (Å²) in [5.74, 6) is 0.735. The Hall–Kier alpha value is -1.34. The molecule has 0 fully saturated rings. The van der Waals surface area contributed by atoms with E-state index < -0.39 is 5.82 Å². The lowest BCUT2D eigenvalue weighted by Crippen LogP contribution is -2.18. The third-order valence-corrected chi connectivity index (χ3v) is 4.74. The van der Waals surface area contributed by atoms with E-state index in [1.165, 1.54) is 6.07 Å². The van der Waals surface area contributed by atoms with Crippen molar-refractivity contribution in [2.24, 2.45) is 0 Å². The smallest absolute Gasteiger partial charge is 0.162 e. The Bertz CT molecular complexity index is 710. The van der Waals surface area contributed by atoms with Crippen molar-refractivity contribution in [1.82, 2.24) is 5.32 Å². The maximum Gasteiger partial charge on any atom is 0.162 e. The van der Waals surface area contributed by atoms with Crippen molar-refractivity contribution in [3.8, 4) is 11.5 Å². The van der Waals surface area contributed by atoms with Crippen molar-refractivity contribution in [2.75, 3.05) is 26.9 Å². The maximum absolute atomic E-state index is 13.9. The van der Waals surface area contributed by atoms with Gasteiger partial charge in [0.25, 0.3) is 0 Å². The van der Waals surface area contributed by atoms with Crippen LogP contribution < -0.4 is 14.8 Å². The number of halogens is 3. The van der Waals surface area contributed by atoms with Gasteiger partial charge in [0.15, 0.2) is 11.5 Å². The van der Waals surface area contributed by atoms with E-state index in [2.05, 4.69) is 21.2 Å². The molecule has 0 atom stereocenters. The Balaban J connectivity index is 2.15. The van der Waals surface area contributed by atoms with Gasteiger partial charge in [0.1, 0.15) is 12.4 Å². The summed E-state index contributed by atoms with van der Waals surface area (Å²) in [4.78, 5) is 0. The molecular formula is C19H22BrClFNO3. The zero-order chi connectivity index (χ0) is 18.9. The SMILES string of the molecule is CCOc1cc(CNCCOC)c(Br)cc1OCc1c(F)cccc1Cl. The van der Waals surface area contributed by atoms with Gasteiger partial charge < -0.3 is 19.5 Å². The maximum atomic E-state index is 13.9. The van der Waals surface area contributed by atoms with E-state index in [0.717, 1.165) is 16.6 Å².